The first-order valence-electron chi connectivity index (χ1n) is 9.74. The maximum absolute atomic E-state index is 12.3. The van der Waals surface area contributed by atoms with Gasteiger partial charge in [0.15, 0.2) is 12.7 Å². The Morgan fingerprint density at radius 3 is 2.79 bits per heavy atom. The number of hydrogen-bond donors (Lipinski definition) is 1. The van der Waals surface area contributed by atoms with Crippen molar-refractivity contribution in [2.45, 2.75) is 45.6 Å². The van der Waals surface area contributed by atoms with Crippen molar-refractivity contribution in [3.8, 4) is 11.8 Å². The number of ether oxygens (including phenoxy) is 2. The van der Waals surface area contributed by atoms with Gasteiger partial charge in [-0.3, -0.25) is 4.79 Å². The van der Waals surface area contributed by atoms with Gasteiger partial charge in [0.1, 0.15) is 16.8 Å². The Bertz CT molecular complexity index is 917. The van der Waals surface area contributed by atoms with Gasteiger partial charge in [-0.25, -0.2) is 4.79 Å². The van der Waals surface area contributed by atoms with Gasteiger partial charge < -0.3 is 14.8 Å². The minimum Gasteiger partial charge on any atom is -0.479 e. The zero-order valence-electron chi connectivity index (χ0n) is 16.6. The number of benzene rings is 1. The number of rotatable bonds is 7. The molecule has 1 heterocycles. The van der Waals surface area contributed by atoms with E-state index in [4.69, 9.17) is 9.47 Å². The SMILES string of the molecule is CC[C@H](Oc1ccccc1)C(=O)OCC(=O)Nc1sc2c(c1C#N)CC[C@@H](C)C2. The lowest BCUT2D eigenvalue weighted by molar-refractivity contribution is -0.154. The van der Waals surface area contributed by atoms with E-state index in [-0.39, 0.29) is 0 Å². The molecular formula is C22H24N2O4S. The highest BCUT2D eigenvalue weighted by Crippen LogP contribution is 2.39. The monoisotopic (exact) mass is 412 g/mol. The van der Waals surface area contributed by atoms with Gasteiger partial charge in [0.25, 0.3) is 5.91 Å². The molecule has 0 saturated heterocycles. The van der Waals surface area contributed by atoms with E-state index in [1.54, 1.807) is 12.1 Å². The number of anilines is 1. The molecule has 6 nitrogen and oxygen atoms in total. The van der Waals surface area contributed by atoms with Crippen molar-refractivity contribution in [2.24, 2.45) is 5.92 Å². The van der Waals surface area contributed by atoms with E-state index in [0.29, 0.717) is 28.7 Å². The van der Waals surface area contributed by atoms with Crippen LogP contribution in [0.2, 0.25) is 0 Å². The van der Waals surface area contributed by atoms with Crippen LogP contribution in [0.3, 0.4) is 0 Å². The Balaban J connectivity index is 1.57. The molecule has 1 aromatic heterocycles. The van der Waals surface area contributed by atoms with Crippen molar-refractivity contribution >= 4 is 28.2 Å². The lowest BCUT2D eigenvalue weighted by atomic mass is 9.89. The molecule has 152 valence electrons. The Morgan fingerprint density at radius 1 is 1.34 bits per heavy atom. The fourth-order valence-corrected chi connectivity index (χ4v) is 4.69. The van der Waals surface area contributed by atoms with Gasteiger partial charge in [0, 0.05) is 4.88 Å². The van der Waals surface area contributed by atoms with Gasteiger partial charge in [-0.1, -0.05) is 32.0 Å². The highest BCUT2D eigenvalue weighted by molar-refractivity contribution is 7.16. The molecule has 0 bridgehead atoms. The van der Waals surface area contributed by atoms with Gasteiger partial charge in [-0.15, -0.1) is 11.3 Å². The molecule has 1 aromatic carbocycles. The molecule has 0 aliphatic heterocycles. The predicted octanol–water partition coefficient (Wildman–Crippen LogP) is 4.08. The van der Waals surface area contributed by atoms with Crippen LogP contribution in [0.25, 0.3) is 0 Å². The van der Waals surface area contributed by atoms with E-state index in [0.717, 1.165) is 29.7 Å². The minimum atomic E-state index is -0.782. The third kappa shape index (κ3) is 5.15. The second-order valence-electron chi connectivity index (χ2n) is 7.15. The molecule has 7 heteroatoms. The van der Waals surface area contributed by atoms with E-state index in [1.807, 2.05) is 25.1 Å². The minimum absolute atomic E-state index is 0.419. The van der Waals surface area contributed by atoms with Crippen LogP contribution < -0.4 is 10.1 Å². The quantitative estimate of drug-likeness (QED) is 0.692. The summed E-state index contributed by atoms with van der Waals surface area (Å²) in [5.41, 5.74) is 1.58. The summed E-state index contributed by atoms with van der Waals surface area (Å²) < 4.78 is 10.8. The molecule has 0 saturated carbocycles. The maximum Gasteiger partial charge on any atom is 0.347 e. The first kappa shape index (κ1) is 20.9. The molecule has 1 aliphatic rings. The summed E-state index contributed by atoms with van der Waals surface area (Å²) >= 11 is 1.45. The first-order chi connectivity index (χ1) is 14.0. The molecule has 1 aliphatic carbocycles. The van der Waals surface area contributed by atoms with E-state index in [2.05, 4.69) is 18.3 Å². The van der Waals surface area contributed by atoms with Gasteiger partial charge in [-0.2, -0.15) is 5.26 Å². The molecule has 0 unspecified atom stereocenters. The number of nitriles is 1. The molecule has 1 amide bonds. The van der Waals surface area contributed by atoms with Crippen molar-refractivity contribution in [3.05, 3.63) is 46.3 Å². The number of nitrogens with zero attached hydrogens (tertiary/aromatic N) is 1. The molecule has 29 heavy (non-hydrogen) atoms. The predicted molar refractivity (Wildman–Crippen MR) is 111 cm³/mol. The molecule has 2 aromatic rings. The van der Waals surface area contributed by atoms with Crippen LogP contribution in [0.15, 0.2) is 30.3 Å². The van der Waals surface area contributed by atoms with Crippen molar-refractivity contribution in [3.63, 3.8) is 0 Å². The van der Waals surface area contributed by atoms with Gasteiger partial charge >= 0.3 is 5.97 Å². The zero-order valence-corrected chi connectivity index (χ0v) is 17.4. The van der Waals surface area contributed by atoms with Crippen molar-refractivity contribution in [1.29, 1.82) is 5.26 Å². The molecule has 0 radical (unpaired) electrons. The number of nitrogens with one attached hydrogen (secondary N) is 1. The summed E-state index contributed by atoms with van der Waals surface area (Å²) in [6.07, 6.45) is 2.47. The van der Waals surface area contributed by atoms with Crippen LogP contribution in [-0.2, 0) is 27.2 Å². The molecule has 0 fully saturated rings. The third-order valence-electron chi connectivity index (χ3n) is 4.88. The number of carbonyl (C=O) groups is 2. The fraction of sp³-hybridized carbons (Fsp3) is 0.409. The third-order valence-corrected chi connectivity index (χ3v) is 6.05. The standard InChI is InChI=1S/C22H24N2O4S/c1-3-18(28-15-7-5-4-6-8-15)22(26)27-13-20(25)24-21-17(12-23)16-10-9-14(2)11-19(16)29-21/h4-8,14,18H,3,9-11,13H2,1-2H3,(H,24,25)/t14-,18+/m1/s1. The molecule has 0 spiro atoms. The van der Waals surface area contributed by atoms with Crippen LogP contribution in [0.1, 0.15) is 42.7 Å². The summed E-state index contributed by atoms with van der Waals surface area (Å²) in [6, 6.07) is 11.2. The summed E-state index contributed by atoms with van der Waals surface area (Å²) in [4.78, 5) is 25.7. The van der Waals surface area contributed by atoms with Crippen molar-refractivity contribution in [1.82, 2.24) is 0 Å². The van der Waals surface area contributed by atoms with Crippen LogP contribution in [0.4, 0.5) is 5.00 Å². The Kier molecular flexibility index (Phi) is 6.89. The van der Waals surface area contributed by atoms with Gasteiger partial charge in [0.2, 0.25) is 0 Å². The normalized spacial score (nSPS) is 16.2. The molecule has 3 rings (SSSR count). The summed E-state index contributed by atoms with van der Waals surface area (Å²) in [7, 11) is 0. The maximum atomic E-state index is 12.3. The molecule has 1 N–H and O–H groups in total. The Labute approximate surface area is 174 Å². The van der Waals surface area contributed by atoms with E-state index >= 15 is 0 Å². The summed E-state index contributed by atoms with van der Waals surface area (Å²) in [6.45, 7) is 3.58. The number of thiophene rings is 1. The van der Waals surface area contributed by atoms with E-state index < -0.39 is 24.6 Å². The topological polar surface area (TPSA) is 88.4 Å². The number of esters is 1. The number of hydrogen-bond acceptors (Lipinski definition) is 6. The average molecular weight is 413 g/mol. The highest BCUT2D eigenvalue weighted by Gasteiger charge is 2.25. The number of para-hydroxylation sites is 1. The number of fused-ring (bicyclic) bond motifs is 1. The second-order valence-corrected chi connectivity index (χ2v) is 8.26. The van der Waals surface area contributed by atoms with Gasteiger partial charge in [0.05, 0.1) is 5.56 Å². The van der Waals surface area contributed by atoms with E-state index in [9.17, 15) is 14.9 Å². The van der Waals surface area contributed by atoms with Crippen LogP contribution in [-0.4, -0.2) is 24.6 Å². The lowest BCUT2D eigenvalue weighted by Crippen LogP contribution is -2.31. The molecular weight excluding hydrogens is 388 g/mol. The highest BCUT2D eigenvalue weighted by atomic mass is 32.1. The first-order valence-corrected chi connectivity index (χ1v) is 10.6. The van der Waals surface area contributed by atoms with Crippen molar-refractivity contribution < 1.29 is 19.1 Å². The van der Waals surface area contributed by atoms with E-state index in [1.165, 1.54) is 11.3 Å². The zero-order chi connectivity index (χ0) is 20.8. The lowest BCUT2D eigenvalue weighted by Gasteiger charge is -2.17. The average Bonchev–Trinajstić information content (AvgIpc) is 3.06. The van der Waals surface area contributed by atoms with Crippen LogP contribution in [0, 0.1) is 17.2 Å². The summed E-state index contributed by atoms with van der Waals surface area (Å²) in [5.74, 6) is 0.0907. The summed E-state index contributed by atoms with van der Waals surface area (Å²) in [5, 5.41) is 12.8. The Hall–Kier alpha value is -2.85. The largest absolute Gasteiger partial charge is 0.479 e. The number of amides is 1. The van der Waals surface area contributed by atoms with Crippen LogP contribution >= 0.6 is 11.3 Å². The second kappa shape index (κ2) is 9.57. The smallest absolute Gasteiger partial charge is 0.347 e. The molecule has 2 atom stereocenters. The van der Waals surface area contributed by atoms with Crippen LogP contribution in [0.5, 0.6) is 5.75 Å². The van der Waals surface area contributed by atoms with Crippen molar-refractivity contribution in [2.75, 3.05) is 11.9 Å². The van der Waals surface area contributed by atoms with Gasteiger partial charge in [-0.05, 0) is 49.3 Å². The Morgan fingerprint density at radius 2 is 2.10 bits per heavy atom. The number of carbonyl (C=O) groups excluding carboxylic acids is 2. The fourth-order valence-electron chi connectivity index (χ4n) is 3.31.